The molecule has 140 valence electrons. The molecule has 2 amide bonds. The monoisotopic (exact) mass is 354 g/mol. The number of rotatable bonds is 3. The number of carbonyl (C=O) groups is 1. The van der Waals surface area contributed by atoms with Gasteiger partial charge in [0.2, 0.25) is 0 Å². The van der Waals surface area contributed by atoms with Crippen molar-refractivity contribution in [2.45, 2.75) is 51.6 Å². The van der Waals surface area contributed by atoms with Crippen LogP contribution in [0.25, 0.3) is 10.9 Å². The van der Waals surface area contributed by atoms with Crippen LogP contribution in [-0.4, -0.2) is 59.6 Å². The van der Waals surface area contributed by atoms with E-state index in [9.17, 15) is 4.79 Å². The van der Waals surface area contributed by atoms with Crippen LogP contribution < -0.4 is 5.32 Å². The van der Waals surface area contributed by atoms with Gasteiger partial charge in [0, 0.05) is 54.2 Å². The standard InChI is InChI=1S/C21H30N4O/c1-5-25(6-2)21(26)23-14-10-17-15-8-7-9-18-20(15)16(13(3)22-18)11-19(17)24(4)12-14/h7-9,14,17,19,22H,5-6,10-12H2,1-4H3,(H,23,26)/t14?,17-,19-/m1/s1. The number of nitrogens with zero attached hydrogens (tertiary/aromatic N) is 2. The number of piperidine rings is 1. The molecule has 3 atom stereocenters. The van der Waals surface area contributed by atoms with Crippen LogP contribution in [0.4, 0.5) is 4.79 Å². The summed E-state index contributed by atoms with van der Waals surface area (Å²) in [5, 5.41) is 4.71. The Morgan fingerprint density at radius 2 is 2.12 bits per heavy atom. The lowest BCUT2D eigenvalue weighted by atomic mass is 9.73. The molecule has 2 N–H and O–H groups in total. The zero-order chi connectivity index (χ0) is 18.4. The summed E-state index contributed by atoms with van der Waals surface area (Å²) in [5.41, 5.74) is 5.49. The number of aromatic amines is 1. The van der Waals surface area contributed by atoms with Crippen molar-refractivity contribution in [3.8, 4) is 0 Å². The molecule has 1 aromatic heterocycles. The molecule has 4 rings (SSSR count). The van der Waals surface area contributed by atoms with Gasteiger partial charge in [-0.2, -0.15) is 0 Å². The van der Waals surface area contributed by atoms with E-state index in [1.807, 2.05) is 18.7 Å². The molecule has 26 heavy (non-hydrogen) atoms. The average Bonchev–Trinajstić information content (AvgIpc) is 2.94. The van der Waals surface area contributed by atoms with Gasteiger partial charge in [-0.25, -0.2) is 4.79 Å². The zero-order valence-electron chi connectivity index (χ0n) is 16.3. The molecule has 1 aliphatic heterocycles. The molecule has 1 aliphatic carbocycles. The first kappa shape index (κ1) is 17.4. The molecule has 1 aromatic carbocycles. The van der Waals surface area contributed by atoms with Crippen molar-refractivity contribution in [2.24, 2.45) is 0 Å². The van der Waals surface area contributed by atoms with Gasteiger partial charge in [0.1, 0.15) is 0 Å². The van der Waals surface area contributed by atoms with E-state index in [0.717, 1.165) is 32.5 Å². The van der Waals surface area contributed by atoms with E-state index in [1.165, 1.54) is 27.7 Å². The smallest absolute Gasteiger partial charge is 0.317 e. The Balaban J connectivity index is 1.63. The van der Waals surface area contributed by atoms with Crippen molar-refractivity contribution in [1.29, 1.82) is 0 Å². The number of likely N-dealkylation sites (N-methyl/N-ethyl adjacent to an activating group) is 1. The van der Waals surface area contributed by atoms with Crippen molar-refractivity contribution >= 4 is 16.9 Å². The number of hydrogen-bond donors (Lipinski definition) is 2. The number of aryl methyl sites for hydroxylation is 1. The molecule has 0 bridgehead atoms. The number of urea groups is 1. The summed E-state index contributed by atoms with van der Waals surface area (Å²) >= 11 is 0. The topological polar surface area (TPSA) is 51.4 Å². The summed E-state index contributed by atoms with van der Waals surface area (Å²) in [5.74, 6) is 0.474. The van der Waals surface area contributed by atoms with Crippen molar-refractivity contribution in [1.82, 2.24) is 20.1 Å². The third kappa shape index (κ3) is 2.69. The number of fused-ring (bicyclic) bond motifs is 2. The van der Waals surface area contributed by atoms with Crippen LogP contribution in [0.5, 0.6) is 0 Å². The summed E-state index contributed by atoms with van der Waals surface area (Å²) in [7, 11) is 2.21. The SMILES string of the molecule is CCN(CC)C(=O)NC1C[C@@H]2c3cccc4[nH]c(C)c(c34)C[C@H]2N(C)C1. The molecule has 2 aromatic rings. The van der Waals surface area contributed by atoms with Crippen LogP contribution >= 0.6 is 0 Å². The van der Waals surface area contributed by atoms with Crippen LogP contribution in [0.3, 0.4) is 0 Å². The van der Waals surface area contributed by atoms with E-state index >= 15 is 0 Å². The van der Waals surface area contributed by atoms with Gasteiger partial charge < -0.3 is 20.1 Å². The van der Waals surface area contributed by atoms with E-state index in [1.54, 1.807) is 0 Å². The van der Waals surface area contributed by atoms with Crippen LogP contribution in [-0.2, 0) is 6.42 Å². The number of likely N-dealkylation sites (tertiary alicyclic amines) is 1. The molecular weight excluding hydrogens is 324 g/mol. The molecule has 5 heteroatoms. The molecule has 1 saturated heterocycles. The van der Waals surface area contributed by atoms with Crippen molar-refractivity contribution in [3.63, 3.8) is 0 Å². The Morgan fingerprint density at radius 1 is 1.35 bits per heavy atom. The Bertz CT molecular complexity index is 823. The third-order valence-electron chi connectivity index (χ3n) is 6.44. The molecule has 5 nitrogen and oxygen atoms in total. The zero-order valence-corrected chi connectivity index (χ0v) is 16.3. The maximum Gasteiger partial charge on any atom is 0.317 e. The van der Waals surface area contributed by atoms with Gasteiger partial charge in [0.15, 0.2) is 0 Å². The quantitative estimate of drug-likeness (QED) is 0.889. The van der Waals surface area contributed by atoms with E-state index in [4.69, 9.17) is 0 Å². The van der Waals surface area contributed by atoms with Gasteiger partial charge in [0.05, 0.1) is 0 Å². The maximum atomic E-state index is 12.5. The van der Waals surface area contributed by atoms with Gasteiger partial charge in [-0.3, -0.25) is 0 Å². The highest BCUT2D eigenvalue weighted by Gasteiger charge is 2.40. The van der Waals surface area contributed by atoms with Gasteiger partial charge in [0.25, 0.3) is 0 Å². The number of benzene rings is 1. The fraction of sp³-hybridized carbons (Fsp3) is 0.571. The second-order valence-corrected chi connectivity index (χ2v) is 7.87. The Hall–Kier alpha value is -2.01. The largest absolute Gasteiger partial charge is 0.358 e. The number of aromatic nitrogens is 1. The van der Waals surface area contributed by atoms with Gasteiger partial charge in [-0.15, -0.1) is 0 Å². The molecule has 0 spiro atoms. The highest BCUT2D eigenvalue weighted by Crippen LogP contribution is 2.44. The maximum absolute atomic E-state index is 12.5. The average molecular weight is 354 g/mol. The van der Waals surface area contributed by atoms with E-state index < -0.39 is 0 Å². The van der Waals surface area contributed by atoms with Crippen molar-refractivity contribution in [3.05, 3.63) is 35.0 Å². The Morgan fingerprint density at radius 3 is 2.85 bits per heavy atom. The molecule has 2 aliphatic rings. The summed E-state index contributed by atoms with van der Waals surface area (Å²) in [4.78, 5) is 20.4. The highest BCUT2D eigenvalue weighted by molar-refractivity contribution is 5.89. The Kier molecular flexibility index (Phi) is 4.43. The fourth-order valence-corrected chi connectivity index (χ4v) is 5.09. The lowest BCUT2D eigenvalue weighted by molar-refractivity contribution is 0.124. The lowest BCUT2D eigenvalue weighted by Gasteiger charge is -2.46. The van der Waals surface area contributed by atoms with Gasteiger partial charge in [-0.1, -0.05) is 12.1 Å². The second kappa shape index (κ2) is 6.62. The molecule has 0 saturated carbocycles. The molecular formula is C21H30N4O. The summed E-state index contributed by atoms with van der Waals surface area (Å²) in [6, 6.07) is 7.42. The number of hydrogen-bond acceptors (Lipinski definition) is 2. The predicted molar refractivity (Wildman–Crippen MR) is 106 cm³/mol. The minimum Gasteiger partial charge on any atom is -0.358 e. The first-order valence-electron chi connectivity index (χ1n) is 9.89. The number of carbonyl (C=O) groups excluding carboxylic acids is 1. The number of amides is 2. The van der Waals surface area contributed by atoms with Crippen LogP contribution in [0.2, 0.25) is 0 Å². The molecule has 0 radical (unpaired) electrons. The van der Waals surface area contributed by atoms with Gasteiger partial charge >= 0.3 is 6.03 Å². The van der Waals surface area contributed by atoms with Crippen LogP contribution in [0.1, 0.15) is 43.0 Å². The molecule has 1 unspecified atom stereocenters. The second-order valence-electron chi connectivity index (χ2n) is 7.87. The number of nitrogens with one attached hydrogen (secondary N) is 2. The summed E-state index contributed by atoms with van der Waals surface area (Å²) < 4.78 is 0. The Labute approximate surface area is 155 Å². The first-order valence-corrected chi connectivity index (χ1v) is 9.89. The highest BCUT2D eigenvalue weighted by atomic mass is 16.2. The van der Waals surface area contributed by atoms with E-state index in [-0.39, 0.29) is 12.1 Å². The first-order chi connectivity index (χ1) is 12.5. The normalized spacial score (nSPS) is 25.2. The minimum atomic E-state index is 0.0686. The third-order valence-corrected chi connectivity index (χ3v) is 6.44. The molecule has 1 fully saturated rings. The van der Waals surface area contributed by atoms with Crippen molar-refractivity contribution < 1.29 is 4.79 Å². The predicted octanol–water partition coefficient (Wildman–Crippen LogP) is 3.24. The fourth-order valence-electron chi connectivity index (χ4n) is 5.09. The van der Waals surface area contributed by atoms with Crippen LogP contribution in [0.15, 0.2) is 18.2 Å². The van der Waals surface area contributed by atoms with E-state index in [0.29, 0.717) is 12.0 Å². The summed E-state index contributed by atoms with van der Waals surface area (Å²) in [6.07, 6.45) is 2.12. The van der Waals surface area contributed by atoms with Crippen LogP contribution in [0, 0.1) is 6.92 Å². The van der Waals surface area contributed by atoms with E-state index in [2.05, 4.69) is 47.4 Å². The minimum absolute atomic E-state index is 0.0686. The van der Waals surface area contributed by atoms with Gasteiger partial charge in [-0.05, 0) is 57.9 Å². The summed E-state index contributed by atoms with van der Waals surface area (Å²) in [6.45, 7) is 8.68. The molecule has 2 heterocycles. The number of H-pyrrole nitrogens is 1. The van der Waals surface area contributed by atoms with Crippen molar-refractivity contribution in [2.75, 3.05) is 26.7 Å². The lowest BCUT2D eigenvalue weighted by Crippen LogP contribution is -2.56.